The summed E-state index contributed by atoms with van der Waals surface area (Å²) < 4.78 is 22.8. The minimum atomic E-state index is -2.92. The van der Waals surface area contributed by atoms with Gasteiger partial charge < -0.3 is 10.6 Å². The van der Waals surface area contributed by atoms with Gasteiger partial charge in [-0.15, -0.1) is 0 Å². The molecule has 19 heavy (non-hydrogen) atoms. The number of carbonyl (C=O) groups excluding carboxylic acids is 1. The highest BCUT2D eigenvalue weighted by Gasteiger charge is 2.31. The molecule has 0 spiro atoms. The van der Waals surface area contributed by atoms with Gasteiger partial charge in [0.15, 0.2) is 9.84 Å². The molecule has 6 nitrogen and oxygen atoms in total. The Balaban J connectivity index is 2.41. The number of carbonyl (C=O) groups is 1. The third kappa shape index (κ3) is 5.42. The minimum absolute atomic E-state index is 0.0527. The van der Waals surface area contributed by atoms with Gasteiger partial charge in [0, 0.05) is 26.1 Å². The Hall–Kier alpha value is -0.730. The van der Waals surface area contributed by atoms with E-state index in [1.165, 1.54) is 0 Å². The molecular weight excluding hydrogens is 286 g/mol. The third-order valence-electron chi connectivity index (χ3n) is 3.34. The van der Waals surface area contributed by atoms with Crippen LogP contribution in [0.1, 0.15) is 12.8 Å². The number of thiocarbonyl (C=S) groups is 1. The van der Waals surface area contributed by atoms with Crippen LogP contribution in [-0.2, 0) is 14.6 Å². The average molecular weight is 307 g/mol. The van der Waals surface area contributed by atoms with E-state index in [-0.39, 0.29) is 30.0 Å². The van der Waals surface area contributed by atoms with Crippen LogP contribution in [0.15, 0.2) is 0 Å². The van der Waals surface area contributed by atoms with Crippen LogP contribution in [0.2, 0.25) is 0 Å². The Bertz CT molecular complexity index is 450. The zero-order valence-electron chi connectivity index (χ0n) is 11.3. The van der Waals surface area contributed by atoms with Crippen molar-refractivity contribution in [2.45, 2.75) is 18.9 Å². The number of nitrogens with two attached hydrogens (primary N) is 1. The van der Waals surface area contributed by atoms with Crippen LogP contribution in [0.5, 0.6) is 0 Å². The van der Waals surface area contributed by atoms with Crippen molar-refractivity contribution in [2.75, 3.05) is 38.7 Å². The van der Waals surface area contributed by atoms with Gasteiger partial charge in [-0.1, -0.05) is 12.2 Å². The van der Waals surface area contributed by atoms with Gasteiger partial charge in [-0.3, -0.25) is 9.69 Å². The van der Waals surface area contributed by atoms with Gasteiger partial charge in [-0.05, 0) is 13.5 Å². The van der Waals surface area contributed by atoms with Gasteiger partial charge in [0.2, 0.25) is 5.91 Å². The predicted molar refractivity (Wildman–Crippen MR) is 78.7 cm³/mol. The Morgan fingerprint density at radius 3 is 2.53 bits per heavy atom. The molecule has 1 heterocycles. The fourth-order valence-electron chi connectivity index (χ4n) is 1.99. The van der Waals surface area contributed by atoms with Gasteiger partial charge in [-0.25, -0.2) is 8.42 Å². The lowest BCUT2D eigenvalue weighted by atomic mass is 10.2. The van der Waals surface area contributed by atoms with E-state index in [4.69, 9.17) is 18.0 Å². The highest BCUT2D eigenvalue weighted by atomic mass is 32.2. The van der Waals surface area contributed by atoms with E-state index in [9.17, 15) is 13.2 Å². The molecule has 1 saturated heterocycles. The molecule has 1 atom stereocenters. The molecule has 1 aliphatic rings. The number of amides is 1. The summed E-state index contributed by atoms with van der Waals surface area (Å²) >= 11 is 4.76. The zero-order valence-corrected chi connectivity index (χ0v) is 13.0. The van der Waals surface area contributed by atoms with Crippen molar-refractivity contribution in [3.8, 4) is 0 Å². The van der Waals surface area contributed by atoms with Gasteiger partial charge in [0.1, 0.15) is 0 Å². The summed E-state index contributed by atoms with van der Waals surface area (Å²) in [5, 5.41) is 0. The molecule has 0 bridgehead atoms. The van der Waals surface area contributed by atoms with Crippen LogP contribution < -0.4 is 5.73 Å². The molecule has 0 aromatic heterocycles. The Labute approximate surface area is 119 Å². The van der Waals surface area contributed by atoms with Crippen LogP contribution >= 0.6 is 12.2 Å². The molecule has 0 saturated carbocycles. The highest BCUT2D eigenvalue weighted by molar-refractivity contribution is 7.91. The second-order valence-corrected chi connectivity index (χ2v) is 7.76. The Morgan fingerprint density at radius 2 is 2.05 bits per heavy atom. The van der Waals surface area contributed by atoms with Gasteiger partial charge in [0.05, 0.1) is 23.0 Å². The maximum Gasteiger partial charge on any atom is 0.236 e. The summed E-state index contributed by atoms with van der Waals surface area (Å²) in [6.45, 7) is 0.707. The van der Waals surface area contributed by atoms with Crippen molar-refractivity contribution >= 4 is 33.0 Å². The molecule has 1 fully saturated rings. The summed E-state index contributed by atoms with van der Waals surface area (Å²) in [6.07, 6.45) is 1.10. The van der Waals surface area contributed by atoms with Gasteiger partial charge in [-0.2, -0.15) is 0 Å². The fraction of sp³-hybridized carbons (Fsp3) is 0.818. The monoisotopic (exact) mass is 307 g/mol. The lowest BCUT2D eigenvalue weighted by Crippen LogP contribution is -2.42. The molecular formula is C11H21N3O3S2. The highest BCUT2D eigenvalue weighted by Crippen LogP contribution is 2.16. The molecule has 0 aliphatic carbocycles. The maximum atomic E-state index is 11.9. The Morgan fingerprint density at radius 1 is 1.42 bits per heavy atom. The van der Waals surface area contributed by atoms with Crippen molar-refractivity contribution in [1.29, 1.82) is 0 Å². The minimum Gasteiger partial charge on any atom is -0.393 e. The second-order valence-electron chi connectivity index (χ2n) is 5.00. The fourth-order valence-corrected chi connectivity index (χ4v) is 3.89. The largest absolute Gasteiger partial charge is 0.393 e. The first-order chi connectivity index (χ1) is 8.71. The second kappa shape index (κ2) is 6.62. The lowest BCUT2D eigenvalue weighted by molar-refractivity contribution is -0.131. The quantitative estimate of drug-likeness (QED) is 0.650. The predicted octanol–water partition coefficient (Wildman–Crippen LogP) is -0.760. The normalized spacial score (nSPS) is 21.5. The first kappa shape index (κ1) is 16.3. The van der Waals surface area contributed by atoms with E-state index in [0.29, 0.717) is 24.4 Å². The van der Waals surface area contributed by atoms with Crippen LogP contribution in [0.4, 0.5) is 0 Å². The van der Waals surface area contributed by atoms with Crippen LogP contribution in [0.25, 0.3) is 0 Å². The molecule has 1 unspecified atom stereocenters. The van der Waals surface area contributed by atoms with E-state index in [1.54, 1.807) is 19.0 Å². The van der Waals surface area contributed by atoms with E-state index in [2.05, 4.69) is 0 Å². The summed E-state index contributed by atoms with van der Waals surface area (Å²) in [5.41, 5.74) is 5.39. The van der Waals surface area contributed by atoms with Crippen molar-refractivity contribution in [1.82, 2.24) is 9.80 Å². The maximum absolute atomic E-state index is 11.9. The SMILES string of the molecule is CN(CCC(N)=S)C(=O)CN(C)C1CCS(=O)(=O)C1. The lowest BCUT2D eigenvalue weighted by Gasteiger charge is -2.25. The zero-order chi connectivity index (χ0) is 14.6. The molecule has 0 aromatic carbocycles. The standard InChI is InChI=1S/C11H21N3O3S2/c1-13(5-3-10(12)18)11(15)7-14(2)9-4-6-19(16,17)8-9/h9H,3-8H2,1-2H3,(H2,12,18). The molecule has 1 rings (SSSR count). The van der Waals surface area contributed by atoms with Crippen molar-refractivity contribution in [3.63, 3.8) is 0 Å². The van der Waals surface area contributed by atoms with Crippen LogP contribution in [0, 0.1) is 0 Å². The smallest absolute Gasteiger partial charge is 0.236 e. The number of sulfone groups is 1. The number of hydrogen-bond donors (Lipinski definition) is 1. The summed E-state index contributed by atoms with van der Waals surface area (Å²) in [5.74, 6) is 0.309. The van der Waals surface area contributed by atoms with Crippen molar-refractivity contribution in [2.24, 2.45) is 5.73 Å². The molecule has 0 aromatic rings. The van der Waals surface area contributed by atoms with Crippen LogP contribution in [0.3, 0.4) is 0 Å². The van der Waals surface area contributed by atoms with Gasteiger partial charge >= 0.3 is 0 Å². The Kier molecular flexibility index (Phi) is 5.69. The first-order valence-electron chi connectivity index (χ1n) is 6.14. The van der Waals surface area contributed by atoms with E-state index in [0.717, 1.165) is 0 Å². The van der Waals surface area contributed by atoms with E-state index in [1.807, 2.05) is 4.90 Å². The van der Waals surface area contributed by atoms with Crippen molar-refractivity contribution in [3.05, 3.63) is 0 Å². The first-order valence-corrected chi connectivity index (χ1v) is 8.37. The van der Waals surface area contributed by atoms with Crippen molar-refractivity contribution < 1.29 is 13.2 Å². The molecule has 8 heteroatoms. The van der Waals surface area contributed by atoms with E-state index >= 15 is 0 Å². The van der Waals surface area contributed by atoms with Crippen LogP contribution in [-0.4, -0.2) is 73.8 Å². The molecule has 0 radical (unpaired) electrons. The number of hydrogen-bond acceptors (Lipinski definition) is 5. The summed E-state index contributed by atoms with van der Waals surface area (Å²) in [4.78, 5) is 15.7. The number of nitrogens with zero attached hydrogens (tertiary/aromatic N) is 2. The molecule has 2 N–H and O–H groups in total. The van der Waals surface area contributed by atoms with E-state index < -0.39 is 9.84 Å². The average Bonchev–Trinajstić information content (AvgIpc) is 2.66. The third-order valence-corrected chi connectivity index (χ3v) is 5.29. The molecule has 1 amide bonds. The number of rotatable bonds is 6. The molecule has 110 valence electrons. The number of likely N-dealkylation sites (N-methyl/N-ethyl adjacent to an activating group) is 2. The van der Waals surface area contributed by atoms with Gasteiger partial charge in [0.25, 0.3) is 0 Å². The topological polar surface area (TPSA) is 83.7 Å². The summed E-state index contributed by atoms with van der Waals surface area (Å²) in [7, 11) is 0.559. The summed E-state index contributed by atoms with van der Waals surface area (Å²) in [6, 6.07) is -0.0575. The molecule has 1 aliphatic heterocycles.